The molecule has 2 heterocycles. The van der Waals surface area contributed by atoms with Crippen LogP contribution in [0.5, 0.6) is 0 Å². The molecule has 0 bridgehead atoms. The van der Waals surface area contributed by atoms with Gasteiger partial charge in [-0.3, -0.25) is 9.98 Å². The molecular formula is C22H21FN2. The lowest BCUT2D eigenvalue weighted by Gasteiger charge is -2.44. The first-order valence-electron chi connectivity index (χ1n) is 8.55. The number of rotatable bonds is 1. The summed E-state index contributed by atoms with van der Waals surface area (Å²) in [5, 5.41) is 1.10. The molecular weight excluding hydrogens is 311 g/mol. The lowest BCUT2D eigenvalue weighted by Crippen LogP contribution is -2.46. The molecule has 3 heteroatoms. The monoisotopic (exact) mass is 332 g/mol. The number of benzene rings is 2. The predicted octanol–water partition coefficient (Wildman–Crippen LogP) is 5.28. The van der Waals surface area contributed by atoms with Gasteiger partial charge in [-0.15, -0.1) is 0 Å². The average molecular weight is 332 g/mol. The van der Waals surface area contributed by atoms with Crippen LogP contribution in [0.1, 0.15) is 44.4 Å². The Balaban J connectivity index is 1.98. The van der Waals surface area contributed by atoms with E-state index >= 15 is 0 Å². The predicted molar refractivity (Wildman–Crippen MR) is 101 cm³/mol. The minimum Gasteiger partial charge on any atom is -0.277 e. The van der Waals surface area contributed by atoms with Crippen molar-refractivity contribution < 1.29 is 4.39 Å². The van der Waals surface area contributed by atoms with Crippen LogP contribution < -0.4 is 0 Å². The zero-order valence-corrected chi connectivity index (χ0v) is 15.0. The van der Waals surface area contributed by atoms with Gasteiger partial charge in [-0.25, -0.2) is 4.39 Å². The molecule has 0 saturated carbocycles. The van der Waals surface area contributed by atoms with Gasteiger partial charge in [0.1, 0.15) is 5.82 Å². The first-order valence-corrected chi connectivity index (χ1v) is 8.55. The number of aliphatic imine (C=N–C) groups is 1. The van der Waals surface area contributed by atoms with Gasteiger partial charge in [-0.05, 0) is 49.7 Å². The van der Waals surface area contributed by atoms with E-state index in [1.165, 1.54) is 6.07 Å². The molecule has 0 fully saturated rings. The van der Waals surface area contributed by atoms with Crippen molar-refractivity contribution >= 4 is 16.6 Å². The molecule has 0 atom stereocenters. The topological polar surface area (TPSA) is 25.2 Å². The van der Waals surface area contributed by atoms with Gasteiger partial charge in [0.2, 0.25) is 0 Å². The third-order valence-corrected chi connectivity index (χ3v) is 5.71. The van der Waals surface area contributed by atoms with Gasteiger partial charge in [-0.2, -0.15) is 0 Å². The molecule has 2 aromatic carbocycles. The van der Waals surface area contributed by atoms with E-state index in [1.807, 2.05) is 18.2 Å². The Morgan fingerprint density at radius 1 is 0.920 bits per heavy atom. The molecule has 0 saturated heterocycles. The number of halogens is 1. The van der Waals surface area contributed by atoms with Crippen LogP contribution in [0.15, 0.2) is 59.7 Å². The van der Waals surface area contributed by atoms with Crippen LogP contribution >= 0.6 is 0 Å². The van der Waals surface area contributed by atoms with E-state index in [-0.39, 0.29) is 16.8 Å². The van der Waals surface area contributed by atoms with Crippen molar-refractivity contribution in [3.63, 3.8) is 0 Å². The van der Waals surface area contributed by atoms with Crippen LogP contribution in [0.3, 0.4) is 0 Å². The Bertz CT molecular complexity index is 1020. The van der Waals surface area contributed by atoms with Crippen molar-refractivity contribution in [2.24, 2.45) is 4.99 Å². The van der Waals surface area contributed by atoms with Crippen LogP contribution in [0.4, 0.5) is 4.39 Å². The van der Waals surface area contributed by atoms with Crippen molar-refractivity contribution in [1.82, 2.24) is 4.98 Å². The summed E-state index contributed by atoms with van der Waals surface area (Å²) < 4.78 is 14.0. The molecule has 1 aromatic heterocycles. The third kappa shape index (κ3) is 2.38. The van der Waals surface area contributed by atoms with Gasteiger partial charge in [0, 0.05) is 28.1 Å². The maximum Gasteiger partial charge on any atom is 0.123 e. The van der Waals surface area contributed by atoms with E-state index in [2.05, 4.69) is 50.9 Å². The number of fused-ring (bicyclic) bond motifs is 2. The molecule has 0 amide bonds. The molecule has 0 spiro atoms. The van der Waals surface area contributed by atoms with Crippen molar-refractivity contribution in [3.8, 4) is 0 Å². The quantitative estimate of drug-likeness (QED) is 0.595. The van der Waals surface area contributed by atoms with E-state index < -0.39 is 0 Å². The highest BCUT2D eigenvalue weighted by molar-refractivity contribution is 6.16. The van der Waals surface area contributed by atoms with Crippen LogP contribution in [0.25, 0.3) is 10.9 Å². The smallest absolute Gasteiger partial charge is 0.123 e. The summed E-state index contributed by atoms with van der Waals surface area (Å²) >= 11 is 0. The van der Waals surface area contributed by atoms with Crippen LogP contribution in [0, 0.1) is 5.82 Å². The second-order valence-corrected chi connectivity index (χ2v) is 7.75. The molecule has 25 heavy (non-hydrogen) atoms. The Hall–Kier alpha value is -2.55. The molecule has 3 aromatic rings. The molecule has 0 unspecified atom stereocenters. The molecule has 4 rings (SSSR count). The summed E-state index contributed by atoms with van der Waals surface area (Å²) in [6.45, 7) is 8.49. The van der Waals surface area contributed by atoms with Gasteiger partial charge < -0.3 is 0 Å². The van der Waals surface area contributed by atoms with Gasteiger partial charge in [0.05, 0.1) is 16.8 Å². The number of hydrogen-bond donors (Lipinski definition) is 0. The number of pyridine rings is 1. The second kappa shape index (κ2) is 5.22. The molecule has 1 aliphatic rings. The van der Waals surface area contributed by atoms with E-state index in [0.29, 0.717) is 0 Å². The van der Waals surface area contributed by atoms with Crippen LogP contribution in [-0.4, -0.2) is 16.2 Å². The highest BCUT2D eigenvalue weighted by Gasteiger charge is 2.44. The zero-order chi connectivity index (χ0) is 17.8. The molecule has 2 nitrogen and oxygen atoms in total. The van der Waals surface area contributed by atoms with Gasteiger partial charge >= 0.3 is 0 Å². The van der Waals surface area contributed by atoms with Crippen molar-refractivity contribution in [2.75, 3.05) is 0 Å². The highest BCUT2D eigenvalue weighted by Crippen LogP contribution is 2.44. The first kappa shape index (κ1) is 15.9. The maximum absolute atomic E-state index is 14.0. The number of nitrogens with zero attached hydrogens (tertiary/aromatic N) is 2. The van der Waals surface area contributed by atoms with Crippen LogP contribution in [0.2, 0.25) is 0 Å². The Morgan fingerprint density at radius 2 is 1.72 bits per heavy atom. The van der Waals surface area contributed by atoms with Crippen molar-refractivity contribution in [1.29, 1.82) is 0 Å². The highest BCUT2D eigenvalue weighted by atomic mass is 19.1. The van der Waals surface area contributed by atoms with E-state index in [0.717, 1.165) is 33.3 Å². The van der Waals surface area contributed by atoms with E-state index in [4.69, 9.17) is 4.99 Å². The first-order chi connectivity index (χ1) is 11.8. The molecule has 126 valence electrons. The van der Waals surface area contributed by atoms with Crippen molar-refractivity contribution in [3.05, 3.63) is 77.2 Å². The van der Waals surface area contributed by atoms with Crippen molar-refractivity contribution in [2.45, 2.75) is 38.6 Å². The Labute approximate surface area is 147 Å². The third-order valence-electron chi connectivity index (χ3n) is 5.71. The fraction of sp³-hybridized carbons (Fsp3) is 0.273. The summed E-state index contributed by atoms with van der Waals surface area (Å²) in [4.78, 5) is 9.54. The summed E-state index contributed by atoms with van der Waals surface area (Å²) in [5.41, 5.74) is 4.26. The second-order valence-electron chi connectivity index (χ2n) is 7.75. The Morgan fingerprint density at radius 3 is 2.52 bits per heavy atom. The normalized spacial score (nSPS) is 17.9. The van der Waals surface area contributed by atoms with Crippen LogP contribution in [-0.2, 0) is 5.41 Å². The standard InChI is InChI=1S/C22H21FN2/c1-21(2)18-13-16(23)9-10-17(18)20(25-22(21,3)4)15-8-7-14-6-5-11-24-19(14)12-15/h5-13H,1-4H3. The fourth-order valence-corrected chi connectivity index (χ4v) is 3.48. The molecule has 0 aliphatic carbocycles. The Kier molecular flexibility index (Phi) is 3.33. The summed E-state index contributed by atoms with van der Waals surface area (Å²) in [6.07, 6.45) is 1.80. The largest absolute Gasteiger partial charge is 0.277 e. The maximum atomic E-state index is 14.0. The summed E-state index contributed by atoms with van der Waals surface area (Å²) in [5.74, 6) is -0.205. The minimum absolute atomic E-state index is 0.205. The average Bonchev–Trinajstić information content (AvgIpc) is 2.58. The minimum atomic E-state index is -0.345. The van der Waals surface area contributed by atoms with E-state index in [9.17, 15) is 4.39 Å². The van der Waals surface area contributed by atoms with Gasteiger partial charge in [0.15, 0.2) is 0 Å². The SMILES string of the molecule is CC1(C)N=C(c2ccc3cccnc3c2)c2ccc(F)cc2C1(C)C. The summed E-state index contributed by atoms with van der Waals surface area (Å²) in [7, 11) is 0. The van der Waals surface area contributed by atoms with Gasteiger partial charge in [-0.1, -0.05) is 32.0 Å². The fourth-order valence-electron chi connectivity index (χ4n) is 3.48. The lowest BCUT2D eigenvalue weighted by atomic mass is 9.65. The summed E-state index contributed by atoms with van der Waals surface area (Å²) in [6, 6.07) is 15.2. The van der Waals surface area contributed by atoms with Gasteiger partial charge in [0.25, 0.3) is 0 Å². The number of hydrogen-bond acceptors (Lipinski definition) is 2. The zero-order valence-electron chi connectivity index (χ0n) is 15.0. The number of aromatic nitrogens is 1. The molecule has 1 aliphatic heterocycles. The lowest BCUT2D eigenvalue weighted by molar-refractivity contribution is 0.302. The molecule has 0 radical (unpaired) electrons. The molecule has 0 N–H and O–H groups in total. The van der Waals surface area contributed by atoms with E-state index in [1.54, 1.807) is 12.3 Å².